The maximum Gasteiger partial charge on any atom is 0.412 e. The Balaban J connectivity index is 1.75. The second-order valence-electron chi connectivity index (χ2n) is 6.08. The van der Waals surface area contributed by atoms with Crippen molar-refractivity contribution in [1.29, 1.82) is 0 Å². The lowest BCUT2D eigenvalue weighted by molar-refractivity contribution is -0.136. The molecule has 0 spiro atoms. The number of esters is 1. The van der Waals surface area contributed by atoms with Crippen LogP contribution in [0, 0.1) is 0 Å². The number of carbonyl (C=O) groups is 2. The van der Waals surface area contributed by atoms with Gasteiger partial charge < -0.3 is 9.47 Å². The van der Waals surface area contributed by atoms with Crippen molar-refractivity contribution in [2.75, 3.05) is 7.11 Å². The second-order valence-corrected chi connectivity index (χ2v) is 6.08. The van der Waals surface area contributed by atoms with Crippen LogP contribution in [0.3, 0.4) is 0 Å². The van der Waals surface area contributed by atoms with Crippen LogP contribution >= 0.6 is 0 Å². The molecule has 1 amide bonds. The van der Waals surface area contributed by atoms with Gasteiger partial charge in [-0.1, -0.05) is 54.6 Å². The zero-order valence-electron chi connectivity index (χ0n) is 15.9. The van der Waals surface area contributed by atoms with Crippen molar-refractivity contribution in [1.82, 2.24) is 10.3 Å². The number of hydrogen-bond acceptors (Lipinski definition) is 5. The van der Waals surface area contributed by atoms with Gasteiger partial charge in [-0.05, 0) is 35.4 Å². The van der Waals surface area contributed by atoms with E-state index in [0.717, 1.165) is 16.8 Å². The summed E-state index contributed by atoms with van der Waals surface area (Å²) in [7, 11) is 1.25. The minimum atomic E-state index is -0.744. The highest BCUT2D eigenvalue weighted by atomic mass is 16.6. The molecule has 6 nitrogen and oxygen atoms in total. The van der Waals surface area contributed by atoms with Gasteiger partial charge >= 0.3 is 12.1 Å². The van der Waals surface area contributed by atoms with Crippen molar-refractivity contribution >= 4 is 18.1 Å². The standard InChI is InChI=1S/C23H20N2O4/c1-28-22(26)21(25-23(27)29-16-17-8-3-2-4-9-17)15-18-10-7-11-19(14-18)20-12-5-6-13-24-20/h2-15H,16H2,1H3,(H,25,27). The molecule has 1 aromatic heterocycles. The summed E-state index contributed by atoms with van der Waals surface area (Å²) in [6.45, 7) is 0.0935. The summed E-state index contributed by atoms with van der Waals surface area (Å²) in [6.07, 6.45) is 2.50. The van der Waals surface area contributed by atoms with Crippen LogP contribution in [0.15, 0.2) is 84.7 Å². The van der Waals surface area contributed by atoms with E-state index in [1.807, 2.05) is 72.8 Å². The Morgan fingerprint density at radius 1 is 1.00 bits per heavy atom. The van der Waals surface area contributed by atoms with Gasteiger partial charge in [-0.2, -0.15) is 0 Å². The van der Waals surface area contributed by atoms with Crippen molar-refractivity contribution in [3.63, 3.8) is 0 Å². The van der Waals surface area contributed by atoms with Gasteiger partial charge in [-0.15, -0.1) is 0 Å². The largest absolute Gasteiger partial charge is 0.464 e. The van der Waals surface area contributed by atoms with E-state index in [2.05, 4.69) is 10.3 Å². The van der Waals surface area contributed by atoms with Gasteiger partial charge in [0.2, 0.25) is 0 Å². The summed E-state index contributed by atoms with van der Waals surface area (Å²) >= 11 is 0. The number of pyridine rings is 1. The van der Waals surface area contributed by atoms with E-state index >= 15 is 0 Å². The molecule has 0 saturated heterocycles. The van der Waals surface area contributed by atoms with Crippen LogP contribution in [0.1, 0.15) is 11.1 Å². The van der Waals surface area contributed by atoms with Crippen LogP contribution in [0.5, 0.6) is 0 Å². The summed E-state index contributed by atoms with van der Waals surface area (Å²) in [5, 5.41) is 2.46. The molecule has 0 radical (unpaired) electrons. The van der Waals surface area contributed by atoms with Gasteiger partial charge in [0.1, 0.15) is 12.3 Å². The number of aromatic nitrogens is 1. The minimum Gasteiger partial charge on any atom is -0.464 e. The first-order chi connectivity index (χ1) is 14.2. The minimum absolute atomic E-state index is 0.0243. The summed E-state index contributed by atoms with van der Waals surface area (Å²) < 4.78 is 9.95. The maximum atomic E-state index is 12.1. The molecule has 1 heterocycles. The van der Waals surface area contributed by atoms with Crippen molar-refractivity contribution in [3.8, 4) is 11.3 Å². The normalized spacial score (nSPS) is 10.9. The Morgan fingerprint density at radius 3 is 2.52 bits per heavy atom. The molecule has 0 aliphatic carbocycles. The average molecular weight is 388 g/mol. The Bertz CT molecular complexity index is 1000. The molecule has 0 aliphatic heterocycles. The Morgan fingerprint density at radius 2 is 1.79 bits per heavy atom. The Kier molecular flexibility index (Phi) is 6.73. The predicted octanol–water partition coefficient (Wildman–Crippen LogP) is 4.19. The molecule has 6 heteroatoms. The van der Waals surface area contributed by atoms with E-state index in [4.69, 9.17) is 9.47 Å². The first-order valence-electron chi connectivity index (χ1n) is 8.95. The highest BCUT2D eigenvalue weighted by molar-refractivity contribution is 5.96. The molecular formula is C23H20N2O4. The number of hydrogen-bond donors (Lipinski definition) is 1. The van der Waals surface area contributed by atoms with Crippen LogP contribution in [0.25, 0.3) is 17.3 Å². The number of methoxy groups -OCH3 is 1. The van der Waals surface area contributed by atoms with Gasteiger partial charge in [0, 0.05) is 11.8 Å². The van der Waals surface area contributed by atoms with Crippen molar-refractivity contribution in [3.05, 3.63) is 95.8 Å². The van der Waals surface area contributed by atoms with Crippen LogP contribution in [0.4, 0.5) is 4.79 Å². The first kappa shape index (κ1) is 19.8. The average Bonchev–Trinajstić information content (AvgIpc) is 2.78. The molecular weight excluding hydrogens is 368 g/mol. The van der Waals surface area contributed by atoms with E-state index in [1.54, 1.807) is 6.20 Å². The molecule has 0 unspecified atom stereocenters. The number of ether oxygens (including phenoxy) is 2. The third-order valence-corrected chi connectivity index (χ3v) is 4.01. The molecule has 1 N–H and O–H groups in total. The first-order valence-corrected chi connectivity index (χ1v) is 8.95. The number of rotatable bonds is 6. The second kappa shape index (κ2) is 9.85. The molecule has 146 valence electrons. The van der Waals surface area contributed by atoms with E-state index in [1.165, 1.54) is 13.2 Å². The van der Waals surface area contributed by atoms with Crippen LogP contribution in [-0.4, -0.2) is 24.2 Å². The third-order valence-electron chi connectivity index (χ3n) is 4.01. The van der Waals surface area contributed by atoms with Gasteiger partial charge in [-0.25, -0.2) is 9.59 Å². The fourth-order valence-electron chi connectivity index (χ4n) is 2.61. The molecule has 29 heavy (non-hydrogen) atoms. The lowest BCUT2D eigenvalue weighted by Gasteiger charge is -2.10. The Labute approximate surface area is 168 Å². The molecule has 3 rings (SSSR count). The molecule has 0 aliphatic rings. The summed E-state index contributed by atoms with van der Waals surface area (Å²) in [4.78, 5) is 28.6. The maximum absolute atomic E-state index is 12.1. The van der Waals surface area contributed by atoms with Gasteiger partial charge in [0.25, 0.3) is 0 Å². The molecule has 0 saturated carbocycles. The topological polar surface area (TPSA) is 77.5 Å². The fourth-order valence-corrected chi connectivity index (χ4v) is 2.61. The van der Waals surface area contributed by atoms with Crippen molar-refractivity contribution in [2.45, 2.75) is 6.61 Å². The van der Waals surface area contributed by atoms with E-state index < -0.39 is 12.1 Å². The highest BCUT2D eigenvalue weighted by Crippen LogP contribution is 2.19. The monoisotopic (exact) mass is 388 g/mol. The van der Waals surface area contributed by atoms with Crippen LogP contribution in [-0.2, 0) is 20.9 Å². The number of alkyl carbamates (subject to hydrolysis) is 1. The highest BCUT2D eigenvalue weighted by Gasteiger charge is 2.15. The summed E-state index contributed by atoms with van der Waals surface area (Å²) in [6, 6.07) is 22.3. The van der Waals surface area contributed by atoms with E-state index in [9.17, 15) is 9.59 Å². The van der Waals surface area contributed by atoms with E-state index in [-0.39, 0.29) is 12.3 Å². The molecule has 0 bridgehead atoms. The van der Waals surface area contributed by atoms with Crippen LogP contribution < -0.4 is 5.32 Å². The number of amides is 1. The third kappa shape index (κ3) is 5.77. The molecule has 2 aromatic carbocycles. The number of nitrogens with zero attached hydrogens (tertiary/aromatic N) is 1. The smallest absolute Gasteiger partial charge is 0.412 e. The number of nitrogens with one attached hydrogen (secondary N) is 1. The molecule has 0 atom stereocenters. The fraction of sp³-hybridized carbons (Fsp3) is 0.0870. The van der Waals surface area contributed by atoms with Gasteiger partial charge in [-0.3, -0.25) is 10.3 Å². The van der Waals surface area contributed by atoms with Crippen molar-refractivity contribution < 1.29 is 19.1 Å². The molecule has 0 fully saturated rings. The lowest BCUT2D eigenvalue weighted by atomic mass is 10.1. The summed E-state index contributed by atoms with van der Waals surface area (Å²) in [5.74, 6) is -0.676. The predicted molar refractivity (Wildman–Crippen MR) is 109 cm³/mol. The van der Waals surface area contributed by atoms with Crippen LogP contribution in [0.2, 0.25) is 0 Å². The molecule has 3 aromatic rings. The summed E-state index contributed by atoms with van der Waals surface area (Å²) in [5.41, 5.74) is 3.21. The van der Waals surface area contributed by atoms with Crippen molar-refractivity contribution in [2.24, 2.45) is 0 Å². The zero-order valence-corrected chi connectivity index (χ0v) is 15.9. The SMILES string of the molecule is COC(=O)C(=Cc1cccc(-c2ccccn2)c1)NC(=O)OCc1ccccc1. The zero-order chi connectivity index (χ0) is 20.5. The Hall–Kier alpha value is -3.93. The number of benzene rings is 2. The lowest BCUT2D eigenvalue weighted by Crippen LogP contribution is -2.28. The van der Waals surface area contributed by atoms with E-state index in [0.29, 0.717) is 5.56 Å². The number of carbonyl (C=O) groups excluding carboxylic acids is 2. The quantitative estimate of drug-likeness (QED) is 0.506. The van der Waals surface area contributed by atoms with Gasteiger partial charge in [0.15, 0.2) is 0 Å². The van der Waals surface area contributed by atoms with Gasteiger partial charge in [0.05, 0.1) is 12.8 Å².